The molecule has 0 amide bonds. The Morgan fingerprint density at radius 3 is 2.71 bits per heavy atom. The van der Waals surface area contributed by atoms with Crippen LogP contribution < -0.4 is 4.72 Å². The Balaban J connectivity index is 2.21. The van der Waals surface area contributed by atoms with Crippen LogP contribution in [0.15, 0.2) is 33.4 Å². The Hall–Kier alpha value is -1.63. The standard InChI is InChI=1S/C12H10FN3O2S3/c1-8-11(19-7-6-14)20-12(15-8)16-21(17,18)10-4-2-9(13)3-5-10/h2-5H,7H2,1H3,(H,15,16). The summed E-state index contributed by atoms with van der Waals surface area (Å²) in [5.41, 5.74) is 0.664. The zero-order valence-corrected chi connectivity index (χ0v) is 13.3. The van der Waals surface area contributed by atoms with E-state index in [1.807, 2.05) is 6.07 Å². The number of sulfonamides is 1. The lowest BCUT2D eigenvalue weighted by molar-refractivity contribution is 0.599. The number of thiazole rings is 1. The SMILES string of the molecule is Cc1nc(NS(=O)(=O)c2ccc(F)cc2)sc1SCC#N. The summed E-state index contributed by atoms with van der Waals surface area (Å²) in [5.74, 6) is -0.234. The predicted molar refractivity (Wildman–Crippen MR) is 80.4 cm³/mol. The van der Waals surface area contributed by atoms with Crippen molar-refractivity contribution >= 4 is 38.3 Å². The Morgan fingerprint density at radius 2 is 2.10 bits per heavy atom. The minimum absolute atomic E-state index is 0.0389. The maximum Gasteiger partial charge on any atom is 0.263 e. The van der Waals surface area contributed by atoms with Gasteiger partial charge < -0.3 is 0 Å². The molecule has 1 aromatic carbocycles. The van der Waals surface area contributed by atoms with Gasteiger partial charge in [0, 0.05) is 0 Å². The number of halogens is 1. The molecule has 0 unspecified atom stereocenters. The van der Waals surface area contributed by atoms with Gasteiger partial charge in [0.15, 0.2) is 5.13 Å². The quantitative estimate of drug-likeness (QED) is 0.844. The van der Waals surface area contributed by atoms with Crippen molar-refractivity contribution in [3.8, 4) is 6.07 Å². The van der Waals surface area contributed by atoms with Crippen molar-refractivity contribution in [1.29, 1.82) is 5.26 Å². The largest absolute Gasteiger partial charge is 0.263 e. The first kappa shape index (κ1) is 15.8. The van der Waals surface area contributed by atoms with Crippen LogP contribution in [0.5, 0.6) is 0 Å². The molecule has 0 radical (unpaired) electrons. The molecule has 0 aliphatic heterocycles. The highest BCUT2D eigenvalue weighted by Gasteiger charge is 2.17. The fourth-order valence-electron chi connectivity index (χ4n) is 1.45. The molecule has 1 N–H and O–H groups in total. The highest BCUT2D eigenvalue weighted by atomic mass is 32.2. The van der Waals surface area contributed by atoms with Crippen molar-refractivity contribution in [2.24, 2.45) is 0 Å². The van der Waals surface area contributed by atoms with Crippen molar-refractivity contribution in [1.82, 2.24) is 4.98 Å². The zero-order chi connectivity index (χ0) is 15.5. The Bertz CT molecular complexity index is 779. The summed E-state index contributed by atoms with van der Waals surface area (Å²) >= 11 is 2.46. The summed E-state index contributed by atoms with van der Waals surface area (Å²) in [6.07, 6.45) is 0. The van der Waals surface area contributed by atoms with Gasteiger partial charge in [-0.05, 0) is 31.2 Å². The van der Waals surface area contributed by atoms with Gasteiger partial charge in [0.05, 0.1) is 26.6 Å². The number of hydrogen-bond donors (Lipinski definition) is 1. The van der Waals surface area contributed by atoms with Gasteiger partial charge in [-0.2, -0.15) is 5.26 Å². The molecule has 0 atom stereocenters. The Kier molecular flexibility index (Phi) is 4.82. The molecule has 0 bridgehead atoms. The smallest absolute Gasteiger partial charge is 0.255 e. The lowest BCUT2D eigenvalue weighted by atomic mass is 10.4. The number of nitrogens with zero attached hydrogens (tertiary/aromatic N) is 2. The van der Waals surface area contributed by atoms with E-state index in [1.165, 1.54) is 23.9 Å². The van der Waals surface area contributed by atoms with E-state index < -0.39 is 15.8 Å². The van der Waals surface area contributed by atoms with Crippen molar-refractivity contribution < 1.29 is 12.8 Å². The molecule has 0 spiro atoms. The number of rotatable bonds is 5. The molecular formula is C12H10FN3O2S3. The van der Waals surface area contributed by atoms with E-state index in [0.29, 0.717) is 5.69 Å². The second kappa shape index (κ2) is 6.43. The van der Waals surface area contributed by atoms with Crippen LogP contribution in [0.25, 0.3) is 0 Å². The van der Waals surface area contributed by atoms with E-state index in [2.05, 4.69) is 9.71 Å². The van der Waals surface area contributed by atoms with E-state index in [0.717, 1.165) is 27.7 Å². The highest BCUT2D eigenvalue weighted by molar-refractivity contribution is 8.01. The van der Waals surface area contributed by atoms with Crippen LogP contribution in [0.1, 0.15) is 5.69 Å². The lowest BCUT2D eigenvalue weighted by Crippen LogP contribution is -2.12. The maximum absolute atomic E-state index is 12.8. The first-order valence-corrected chi connectivity index (χ1v) is 8.96. The Labute approximate surface area is 129 Å². The average molecular weight is 343 g/mol. The molecule has 1 heterocycles. The van der Waals surface area contributed by atoms with Gasteiger partial charge in [0.1, 0.15) is 5.82 Å². The van der Waals surface area contributed by atoms with Gasteiger partial charge in [0.2, 0.25) is 0 Å². The third-order valence-electron chi connectivity index (χ3n) is 2.37. The van der Waals surface area contributed by atoms with Crippen LogP contribution in [0, 0.1) is 24.1 Å². The van der Waals surface area contributed by atoms with Gasteiger partial charge in [-0.1, -0.05) is 23.1 Å². The first-order valence-electron chi connectivity index (χ1n) is 5.68. The molecule has 21 heavy (non-hydrogen) atoms. The molecule has 2 rings (SSSR count). The van der Waals surface area contributed by atoms with E-state index >= 15 is 0 Å². The molecule has 110 valence electrons. The van der Waals surface area contributed by atoms with Gasteiger partial charge in [-0.3, -0.25) is 4.72 Å². The number of benzene rings is 1. The normalized spacial score (nSPS) is 11.1. The Morgan fingerprint density at radius 1 is 1.43 bits per heavy atom. The molecule has 0 fully saturated rings. The van der Waals surface area contributed by atoms with Crippen LogP contribution in [-0.4, -0.2) is 19.2 Å². The number of anilines is 1. The summed E-state index contributed by atoms with van der Waals surface area (Å²) in [6.45, 7) is 1.74. The molecule has 1 aromatic heterocycles. The van der Waals surface area contributed by atoms with Gasteiger partial charge >= 0.3 is 0 Å². The van der Waals surface area contributed by atoms with Crippen molar-refractivity contribution in [3.05, 3.63) is 35.8 Å². The number of aromatic nitrogens is 1. The molecule has 0 saturated carbocycles. The molecule has 5 nitrogen and oxygen atoms in total. The summed E-state index contributed by atoms with van der Waals surface area (Å²) in [7, 11) is -3.80. The number of nitrogens with one attached hydrogen (secondary N) is 1. The summed E-state index contributed by atoms with van der Waals surface area (Å²) in [4.78, 5) is 4.08. The third-order valence-corrected chi connectivity index (χ3v) is 6.15. The number of nitriles is 1. The van der Waals surface area contributed by atoms with Gasteiger partial charge in [-0.15, -0.1) is 0 Å². The minimum Gasteiger partial charge on any atom is -0.255 e. The maximum atomic E-state index is 12.8. The minimum atomic E-state index is -3.80. The molecule has 0 aliphatic carbocycles. The fraction of sp³-hybridized carbons (Fsp3) is 0.167. The van der Waals surface area contributed by atoms with E-state index in [1.54, 1.807) is 6.92 Å². The first-order chi connectivity index (χ1) is 9.92. The monoisotopic (exact) mass is 343 g/mol. The second-order valence-corrected chi connectivity index (χ2v) is 7.82. The molecule has 9 heteroatoms. The average Bonchev–Trinajstić information content (AvgIpc) is 2.76. The molecule has 0 aliphatic rings. The van der Waals surface area contributed by atoms with E-state index in [-0.39, 0.29) is 15.8 Å². The van der Waals surface area contributed by atoms with Gasteiger partial charge in [-0.25, -0.2) is 17.8 Å². The summed E-state index contributed by atoms with van der Waals surface area (Å²) < 4.78 is 40.2. The number of thioether (sulfide) groups is 1. The highest BCUT2D eigenvalue weighted by Crippen LogP contribution is 2.32. The molecule has 0 saturated heterocycles. The predicted octanol–water partition coefficient (Wildman–Crippen LogP) is 3.01. The van der Waals surface area contributed by atoms with Crippen molar-refractivity contribution in [2.45, 2.75) is 16.0 Å². The summed E-state index contributed by atoms with van der Waals surface area (Å²) in [5, 5.41) is 8.77. The van der Waals surface area contributed by atoms with Crippen molar-refractivity contribution in [2.75, 3.05) is 10.5 Å². The van der Waals surface area contributed by atoms with E-state index in [4.69, 9.17) is 5.26 Å². The number of hydrogen-bond acceptors (Lipinski definition) is 6. The van der Waals surface area contributed by atoms with Crippen LogP contribution in [0.3, 0.4) is 0 Å². The summed E-state index contributed by atoms with van der Waals surface area (Å²) in [6, 6.07) is 6.53. The third kappa shape index (κ3) is 3.93. The fourth-order valence-corrected chi connectivity index (χ4v) is 4.48. The zero-order valence-electron chi connectivity index (χ0n) is 10.8. The molecule has 2 aromatic rings. The van der Waals surface area contributed by atoms with Gasteiger partial charge in [0.25, 0.3) is 10.0 Å². The second-order valence-electron chi connectivity index (χ2n) is 3.90. The topological polar surface area (TPSA) is 82.8 Å². The van der Waals surface area contributed by atoms with Crippen LogP contribution >= 0.6 is 23.1 Å². The van der Waals surface area contributed by atoms with E-state index in [9.17, 15) is 12.8 Å². The van der Waals surface area contributed by atoms with Crippen LogP contribution in [0.2, 0.25) is 0 Å². The van der Waals surface area contributed by atoms with Crippen molar-refractivity contribution in [3.63, 3.8) is 0 Å². The molecular weight excluding hydrogens is 333 g/mol. The van der Waals surface area contributed by atoms with Crippen LogP contribution in [0.4, 0.5) is 9.52 Å². The lowest BCUT2D eigenvalue weighted by Gasteiger charge is -2.04. The number of aryl methyl sites for hydroxylation is 1. The van der Waals surface area contributed by atoms with Crippen LogP contribution in [-0.2, 0) is 10.0 Å².